The minimum atomic E-state index is 0.0304. The average Bonchev–Trinajstić information content (AvgIpc) is 2.82. The largest absolute Gasteiger partial charge is 0.286 e. The van der Waals surface area contributed by atoms with Gasteiger partial charge in [0.25, 0.3) is 0 Å². The van der Waals surface area contributed by atoms with Crippen LogP contribution in [0.1, 0.15) is 33.4 Å². The van der Waals surface area contributed by atoms with E-state index in [1.165, 1.54) is 16.9 Å². The van der Waals surface area contributed by atoms with E-state index in [0.717, 1.165) is 17.5 Å². The second-order valence-electron chi connectivity index (χ2n) is 3.67. The maximum absolute atomic E-state index is 12.1. The van der Waals surface area contributed by atoms with E-state index in [1.807, 2.05) is 24.4 Å². The molecular formula is C13H13NOS. The van der Waals surface area contributed by atoms with Crippen LogP contribution in [0.4, 0.5) is 0 Å². The first-order chi connectivity index (χ1) is 7.72. The van der Waals surface area contributed by atoms with Crippen molar-refractivity contribution in [3.05, 3.63) is 51.5 Å². The number of rotatable bonds is 3. The van der Waals surface area contributed by atoms with Crippen molar-refractivity contribution in [1.29, 1.82) is 0 Å². The van der Waals surface area contributed by atoms with Gasteiger partial charge in [0.05, 0.1) is 0 Å². The number of hydrogen-bond acceptors (Lipinski definition) is 3. The molecule has 0 aliphatic heterocycles. The number of nitrogens with zero attached hydrogens (tertiary/aromatic N) is 1. The van der Waals surface area contributed by atoms with Crippen molar-refractivity contribution in [1.82, 2.24) is 4.98 Å². The third-order valence-electron chi connectivity index (χ3n) is 2.58. The number of aromatic nitrogens is 1. The van der Waals surface area contributed by atoms with Gasteiger partial charge in [-0.1, -0.05) is 19.1 Å². The van der Waals surface area contributed by atoms with Crippen molar-refractivity contribution in [2.75, 3.05) is 0 Å². The number of ketones is 1. The van der Waals surface area contributed by atoms with Crippen LogP contribution in [0.15, 0.2) is 29.8 Å². The molecule has 0 spiro atoms. The molecule has 0 radical (unpaired) electrons. The van der Waals surface area contributed by atoms with Gasteiger partial charge in [0.2, 0.25) is 5.78 Å². The zero-order valence-electron chi connectivity index (χ0n) is 9.36. The van der Waals surface area contributed by atoms with Crippen LogP contribution in [0.5, 0.6) is 0 Å². The Morgan fingerprint density at radius 3 is 2.88 bits per heavy atom. The lowest BCUT2D eigenvalue weighted by atomic mass is 10.0. The second-order valence-corrected chi connectivity index (χ2v) is 4.56. The average molecular weight is 231 g/mol. The zero-order valence-corrected chi connectivity index (χ0v) is 10.2. The molecule has 1 aromatic heterocycles. The summed E-state index contributed by atoms with van der Waals surface area (Å²) in [4.78, 5) is 16.2. The van der Waals surface area contributed by atoms with Gasteiger partial charge in [0, 0.05) is 17.1 Å². The molecule has 0 saturated heterocycles. The van der Waals surface area contributed by atoms with Crippen molar-refractivity contribution in [3.63, 3.8) is 0 Å². The molecule has 16 heavy (non-hydrogen) atoms. The monoisotopic (exact) mass is 231 g/mol. The molecule has 0 atom stereocenters. The van der Waals surface area contributed by atoms with Gasteiger partial charge in [-0.2, -0.15) is 0 Å². The summed E-state index contributed by atoms with van der Waals surface area (Å²) in [6.07, 6.45) is 2.61. The van der Waals surface area contributed by atoms with Gasteiger partial charge in [-0.25, -0.2) is 4.98 Å². The second kappa shape index (κ2) is 4.58. The quantitative estimate of drug-likeness (QED) is 0.759. The summed E-state index contributed by atoms with van der Waals surface area (Å²) >= 11 is 1.39. The summed E-state index contributed by atoms with van der Waals surface area (Å²) in [7, 11) is 0. The molecule has 0 saturated carbocycles. The molecule has 1 heterocycles. The molecule has 1 aromatic carbocycles. The standard InChI is InChI=1S/C13H13NOS/c1-3-10-5-4-9(2)11(8-10)12(15)13-14-6-7-16-13/h4-8H,3H2,1-2H3. The molecule has 3 heteroatoms. The lowest BCUT2D eigenvalue weighted by Crippen LogP contribution is -2.03. The van der Waals surface area contributed by atoms with Crippen LogP contribution in [-0.2, 0) is 6.42 Å². The topological polar surface area (TPSA) is 30.0 Å². The molecular weight excluding hydrogens is 218 g/mol. The SMILES string of the molecule is CCc1ccc(C)c(C(=O)c2nccs2)c1. The molecule has 0 amide bonds. The minimum Gasteiger partial charge on any atom is -0.286 e. The van der Waals surface area contributed by atoms with E-state index in [4.69, 9.17) is 0 Å². The Morgan fingerprint density at radius 2 is 2.25 bits per heavy atom. The lowest BCUT2D eigenvalue weighted by Gasteiger charge is -2.05. The van der Waals surface area contributed by atoms with Crippen LogP contribution in [0.3, 0.4) is 0 Å². The summed E-state index contributed by atoms with van der Waals surface area (Å²) < 4.78 is 0. The predicted octanol–water partition coefficient (Wildman–Crippen LogP) is 3.24. The molecule has 2 rings (SSSR count). The van der Waals surface area contributed by atoms with Gasteiger partial charge in [-0.15, -0.1) is 11.3 Å². The molecule has 0 aliphatic carbocycles. The summed E-state index contributed by atoms with van der Waals surface area (Å²) in [5, 5.41) is 2.39. The molecule has 0 aliphatic rings. The van der Waals surface area contributed by atoms with E-state index >= 15 is 0 Å². The summed E-state index contributed by atoms with van der Waals surface area (Å²) in [6.45, 7) is 4.04. The van der Waals surface area contributed by atoms with Crippen molar-refractivity contribution in [2.45, 2.75) is 20.3 Å². The first kappa shape index (κ1) is 11.0. The van der Waals surface area contributed by atoms with Gasteiger partial charge in [-0.3, -0.25) is 4.79 Å². The lowest BCUT2D eigenvalue weighted by molar-refractivity contribution is 0.103. The molecule has 2 nitrogen and oxygen atoms in total. The Bertz CT molecular complexity index is 503. The Hall–Kier alpha value is -1.48. The third kappa shape index (κ3) is 2.04. The van der Waals surface area contributed by atoms with Gasteiger partial charge in [0.1, 0.15) is 0 Å². The predicted molar refractivity (Wildman–Crippen MR) is 66.1 cm³/mol. The van der Waals surface area contributed by atoms with Crippen LogP contribution in [-0.4, -0.2) is 10.8 Å². The normalized spacial score (nSPS) is 10.4. The van der Waals surface area contributed by atoms with Gasteiger partial charge in [-0.05, 0) is 30.5 Å². The molecule has 0 bridgehead atoms. The van der Waals surface area contributed by atoms with E-state index in [9.17, 15) is 4.79 Å². The Balaban J connectivity index is 2.43. The van der Waals surface area contributed by atoms with E-state index in [1.54, 1.807) is 6.20 Å². The van der Waals surface area contributed by atoms with Crippen molar-refractivity contribution in [3.8, 4) is 0 Å². The molecule has 2 aromatic rings. The summed E-state index contributed by atoms with van der Waals surface area (Å²) in [5.41, 5.74) is 2.97. The van der Waals surface area contributed by atoms with Gasteiger partial charge < -0.3 is 0 Å². The fourth-order valence-corrected chi connectivity index (χ4v) is 2.17. The van der Waals surface area contributed by atoms with Crippen LogP contribution >= 0.6 is 11.3 Å². The van der Waals surface area contributed by atoms with E-state index in [-0.39, 0.29) is 5.78 Å². The van der Waals surface area contributed by atoms with Crippen LogP contribution in [0.2, 0.25) is 0 Å². The number of carbonyl (C=O) groups is 1. The van der Waals surface area contributed by atoms with E-state index in [2.05, 4.69) is 18.0 Å². The fourth-order valence-electron chi connectivity index (χ4n) is 1.58. The third-order valence-corrected chi connectivity index (χ3v) is 3.35. The van der Waals surface area contributed by atoms with Crippen LogP contribution < -0.4 is 0 Å². The number of hydrogen-bond donors (Lipinski definition) is 0. The maximum atomic E-state index is 12.1. The van der Waals surface area contributed by atoms with Crippen molar-refractivity contribution in [2.24, 2.45) is 0 Å². The molecule has 0 N–H and O–H groups in total. The first-order valence-corrected chi connectivity index (χ1v) is 6.14. The first-order valence-electron chi connectivity index (χ1n) is 5.26. The Morgan fingerprint density at radius 1 is 1.44 bits per heavy atom. The molecule has 82 valence electrons. The van der Waals surface area contributed by atoms with Crippen LogP contribution in [0.25, 0.3) is 0 Å². The molecule has 0 unspecified atom stereocenters. The Kier molecular flexibility index (Phi) is 3.15. The highest BCUT2D eigenvalue weighted by Gasteiger charge is 2.14. The minimum absolute atomic E-state index is 0.0304. The van der Waals surface area contributed by atoms with E-state index in [0.29, 0.717) is 5.01 Å². The maximum Gasteiger partial charge on any atom is 0.221 e. The summed E-state index contributed by atoms with van der Waals surface area (Å²) in [6, 6.07) is 6.03. The highest BCUT2D eigenvalue weighted by atomic mass is 32.1. The smallest absolute Gasteiger partial charge is 0.221 e. The zero-order chi connectivity index (χ0) is 11.5. The van der Waals surface area contributed by atoms with Crippen LogP contribution in [0, 0.1) is 6.92 Å². The van der Waals surface area contributed by atoms with E-state index < -0.39 is 0 Å². The summed E-state index contributed by atoms with van der Waals surface area (Å²) in [5.74, 6) is 0.0304. The highest BCUT2D eigenvalue weighted by molar-refractivity contribution is 7.11. The number of carbonyl (C=O) groups excluding carboxylic acids is 1. The Labute approximate surface area is 99.0 Å². The number of benzene rings is 1. The highest BCUT2D eigenvalue weighted by Crippen LogP contribution is 2.17. The number of aryl methyl sites for hydroxylation is 2. The number of thiazole rings is 1. The van der Waals surface area contributed by atoms with Crippen molar-refractivity contribution >= 4 is 17.1 Å². The van der Waals surface area contributed by atoms with Crippen molar-refractivity contribution < 1.29 is 4.79 Å². The fraction of sp³-hybridized carbons (Fsp3) is 0.231. The van der Waals surface area contributed by atoms with Gasteiger partial charge >= 0.3 is 0 Å². The van der Waals surface area contributed by atoms with Gasteiger partial charge in [0.15, 0.2) is 5.01 Å². The molecule has 0 fully saturated rings.